The predicted octanol–water partition coefficient (Wildman–Crippen LogP) is 3.35. The molecule has 1 N–H and O–H groups in total. The van der Waals surface area contributed by atoms with E-state index in [0.717, 1.165) is 6.07 Å². The lowest BCUT2D eigenvalue weighted by molar-refractivity contribution is -0.137. The minimum atomic E-state index is -4.54. The molecule has 3 rings (SSSR count). The molecule has 5 nitrogen and oxygen atoms in total. The van der Waals surface area contributed by atoms with Gasteiger partial charge in [0.1, 0.15) is 18.5 Å². The summed E-state index contributed by atoms with van der Waals surface area (Å²) in [4.78, 5) is 1.82. The third-order valence-corrected chi connectivity index (χ3v) is 4.18. The SMILES string of the molecule is Cc1cc(C(F)(F)F)cc(O)c1-c1ccc(N2CCO[C@@H](CF)C2)nn1. The largest absolute Gasteiger partial charge is 0.507 e. The first-order valence-electron chi connectivity index (χ1n) is 7.97. The van der Waals surface area contributed by atoms with Gasteiger partial charge in [-0.15, -0.1) is 10.2 Å². The number of aryl methyl sites for hydroxylation is 1. The molecule has 1 fully saturated rings. The molecular weight excluding hydrogens is 354 g/mol. The zero-order valence-corrected chi connectivity index (χ0v) is 13.9. The Kier molecular flexibility index (Phi) is 4.99. The molecule has 0 amide bonds. The van der Waals surface area contributed by atoms with Gasteiger partial charge in [0.2, 0.25) is 0 Å². The van der Waals surface area contributed by atoms with E-state index in [0.29, 0.717) is 31.6 Å². The highest BCUT2D eigenvalue weighted by Crippen LogP contribution is 2.38. The number of ether oxygens (including phenoxy) is 1. The number of halogens is 4. The van der Waals surface area contributed by atoms with Gasteiger partial charge in [-0.05, 0) is 36.8 Å². The fraction of sp³-hybridized carbons (Fsp3) is 0.412. The fourth-order valence-electron chi connectivity index (χ4n) is 2.91. The molecule has 140 valence electrons. The quantitative estimate of drug-likeness (QED) is 0.839. The highest BCUT2D eigenvalue weighted by molar-refractivity contribution is 5.71. The monoisotopic (exact) mass is 371 g/mol. The highest BCUT2D eigenvalue weighted by Gasteiger charge is 2.32. The lowest BCUT2D eigenvalue weighted by atomic mass is 10.0. The summed E-state index contributed by atoms with van der Waals surface area (Å²) in [7, 11) is 0. The summed E-state index contributed by atoms with van der Waals surface area (Å²) < 4.78 is 56.5. The Bertz CT molecular complexity index is 758. The Morgan fingerprint density at radius 2 is 2.04 bits per heavy atom. The van der Waals surface area contributed by atoms with Crippen LogP contribution in [0.3, 0.4) is 0 Å². The molecule has 0 unspecified atom stereocenters. The normalized spacial score (nSPS) is 18.2. The van der Waals surface area contributed by atoms with E-state index >= 15 is 0 Å². The van der Waals surface area contributed by atoms with Gasteiger partial charge in [-0.2, -0.15) is 13.2 Å². The van der Waals surface area contributed by atoms with E-state index in [9.17, 15) is 22.7 Å². The third-order valence-electron chi connectivity index (χ3n) is 4.18. The van der Waals surface area contributed by atoms with Crippen molar-refractivity contribution in [3.8, 4) is 17.0 Å². The summed E-state index contributed by atoms with van der Waals surface area (Å²) >= 11 is 0. The standard InChI is InChI=1S/C17H17F4N3O2/c1-10-6-11(17(19,20)21)7-14(25)16(10)13-2-3-15(23-22-13)24-4-5-26-12(8-18)9-24/h2-3,6-7,12,25H,4-5,8-9H2,1H3/t12-/m0/s1. The van der Waals surface area contributed by atoms with E-state index in [1.807, 2.05) is 4.90 Å². The van der Waals surface area contributed by atoms with Crippen LogP contribution < -0.4 is 4.90 Å². The molecule has 26 heavy (non-hydrogen) atoms. The molecule has 1 atom stereocenters. The Morgan fingerprint density at radius 1 is 1.27 bits per heavy atom. The minimum absolute atomic E-state index is 0.195. The van der Waals surface area contributed by atoms with Gasteiger partial charge in [0, 0.05) is 18.7 Å². The first-order valence-corrected chi connectivity index (χ1v) is 7.97. The van der Waals surface area contributed by atoms with Crippen molar-refractivity contribution in [3.63, 3.8) is 0 Å². The van der Waals surface area contributed by atoms with E-state index < -0.39 is 30.3 Å². The molecular formula is C17H17F4N3O2. The molecule has 1 saturated heterocycles. The van der Waals surface area contributed by atoms with Crippen molar-refractivity contribution in [3.05, 3.63) is 35.4 Å². The number of hydrogen-bond donors (Lipinski definition) is 1. The van der Waals surface area contributed by atoms with E-state index in [1.165, 1.54) is 6.92 Å². The average molecular weight is 371 g/mol. The summed E-state index contributed by atoms with van der Waals surface area (Å²) in [6.45, 7) is 2.12. The number of benzene rings is 1. The van der Waals surface area contributed by atoms with Gasteiger partial charge in [-0.1, -0.05) is 0 Å². The number of anilines is 1. The number of phenols is 1. The molecule has 1 aliphatic rings. The number of hydrogen-bond acceptors (Lipinski definition) is 5. The Labute approximate surface area is 147 Å². The van der Waals surface area contributed by atoms with Crippen molar-refractivity contribution in [1.82, 2.24) is 10.2 Å². The maximum atomic E-state index is 12.8. The lowest BCUT2D eigenvalue weighted by Gasteiger charge is -2.32. The van der Waals surface area contributed by atoms with E-state index in [4.69, 9.17) is 4.74 Å². The van der Waals surface area contributed by atoms with Crippen molar-refractivity contribution >= 4 is 5.82 Å². The van der Waals surface area contributed by atoms with E-state index in [2.05, 4.69) is 10.2 Å². The van der Waals surface area contributed by atoms with Crippen LogP contribution in [0.15, 0.2) is 24.3 Å². The number of nitrogens with zero attached hydrogens (tertiary/aromatic N) is 3. The number of aromatic hydroxyl groups is 1. The molecule has 0 radical (unpaired) electrons. The molecule has 9 heteroatoms. The van der Waals surface area contributed by atoms with Crippen LogP contribution in [-0.4, -0.2) is 47.8 Å². The van der Waals surface area contributed by atoms with Crippen LogP contribution in [0, 0.1) is 6.92 Å². The van der Waals surface area contributed by atoms with E-state index in [-0.39, 0.29) is 16.8 Å². The molecule has 1 aliphatic heterocycles. The third kappa shape index (κ3) is 3.72. The molecule has 0 saturated carbocycles. The van der Waals surface area contributed by atoms with Crippen molar-refractivity contribution in [2.45, 2.75) is 19.2 Å². The number of aromatic nitrogens is 2. The van der Waals surface area contributed by atoms with Crippen molar-refractivity contribution < 1.29 is 27.4 Å². The average Bonchev–Trinajstić information content (AvgIpc) is 2.61. The van der Waals surface area contributed by atoms with Crippen LogP contribution >= 0.6 is 0 Å². The number of alkyl halides is 4. The maximum absolute atomic E-state index is 12.8. The summed E-state index contributed by atoms with van der Waals surface area (Å²) in [6, 6.07) is 4.83. The highest BCUT2D eigenvalue weighted by atomic mass is 19.4. The fourth-order valence-corrected chi connectivity index (χ4v) is 2.91. The van der Waals surface area contributed by atoms with Crippen molar-refractivity contribution in [2.75, 3.05) is 31.3 Å². The molecule has 1 aromatic carbocycles. The van der Waals surface area contributed by atoms with Gasteiger partial charge in [0.05, 0.1) is 17.9 Å². The second-order valence-electron chi connectivity index (χ2n) is 6.05. The van der Waals surface area contributed by atoms with E-state index in [1.54, 1.807) is 12.1 Å². The first-order chi connectivity index (χ1) is 12.3. The molecule has 0 aliphatic carbocycles. The zero-order valence-electron chi connectivity index (χ0n) is 13.9. The molecule has 2 aromatic rings. The summed E-state index contributed by atoms with van der Waals surface area (Å²) in [5.74, 6) is 0.00259. The Morgan fingerprint density at radius 3 is 2.62 bits per heavy atom. The van der Waals surface area contributed by atoms with Gasteiger partial charge < -0.3 is 14.7 Å². The smallest absolute Gasteiger partial charge is 0.416 e. The molecule has 0 spiro atoms. The van der Waals surface area contributed by atoms with Gasteiger partial charge in [-0.25, -0.2) is 4.39 Å². The second-order valence-corrected chi connectivity index (χ2v) is 6.05. The topological polar surface area (TPSA) is 58.5 Å². The molecule has 0 bridgehead atoms. The van der Waals surface area contributed by atoms with Crippen LogP contribution in [-0.2, 0) is 10.9 Å². The van der Waals surface area contributed by atoms with Crippen LogP contribution in [0.1, 0.15) is 11.1 Å². The number of rotatable bonds is 3. The minimum Gasteiger partial charge on any atom is -0.507 e. The Hall–Kier alpha value is -2.42. The Balaban J connectivity index is 1.87. The van der Waals surface area contributed by atoms with Crippen LogP contribution in [0.5, 0.6) is 5.75 Å². The predicted molar refractivity (Wildman–Crippen MR) is 86.8 cm³/mol. The summed E-state index contributed by atoms with van der Waals surface area (Å²) in [5, 5.41) is 18.1. The number of phenolic OH excluding ortho intramolecular Hbond substituents is 1. The van der Waals surface area contributed by atoms with Gasteiger partial charge in [0.15, 0.2) is 5.82 Å². The zero-order chi connectivity index (χ0) is 18.9. The van der Waals surface area contributed by atoms with Gasteiger partial charge >= 0.3 is 6.18 Å². The number of morpholine rings is 1. The maximum Gasteiger partial charge on any atom is 0.416 e. The summed E-state index contributed by atoms with van der Waals surface area (Å²) in [6.07, 6.45) is -5.06. The van der Waals surface area contributed by atoms with Crippen LogP contribution in [0.25, 0.3) is 11.3 Å². The second kappa shape index (κ2) is 7.06. The molecule has 2 heterocycles. The lowest BCUT2D eigenvalue weighted by Crippen LogP contribution is -2.43. The van der Waals surface area contributed by atoms with Gasteiger partial charge in [-0.3, -0.25) is 0 Å². The van der Waals surface area contributed by atoms with Crippen molar-refractivity contribution in [2.24, 2.45) is 0 Å². The summed E-state index contributed by atoms with van der Waals surface area (Å²) in [5.41, 5.74) is -0.233. The van der Waals surface area contributed by atoms with Crippen LogP contribution in [0.4, 0.5) is 23.4 Å². The van der Waals surface area contributed by atoms with Crippen molar-refractivity contribution in [1.29, 1.82) is 0 Å². The van der Waals surface area contributed by atoms with Crippen LogP contribution in [0.2, 0.25) is 0 Å². The van der Waals surface area contributed by atoms with Gasteiger partial charge in [0.25, 0.3) is 0 Å². The molecule has 1 aromatic heterocycles. The first kappa shape index (κ1) is 18.4.